The molecule has 0 atom stereocenters. The molecule has 0 aliphatic carbocycles. The molecular weight excluding hydrogens is 564 g/mol. The van der Waals surface area contributed by atoms with Crippen LogP contribution in [0.25, 0.3) is 0 Å². The Kier molecular flexibility index (Phi) is 10.9. The lowest BCUT2D eigenvalue weighted by Crippen LogP contribution is -2.31. The first kappa shape index (κ1) is 30.5. The number of benzene rings is 1. The van der Waals surface area contributed by atoms with Crippen LogP contribution in [0.5, 0.6) is 0 Å². The van der Waals surface area contributed by atoms with E-state index in [-0.39, 0.29) is 36.3 Å². The zero-order chi connectivity index (χ0) is 27.9. The summed E-state index contributed by atoms with van der Waals surface area (Å²) in [5.41, 5.74) is 2.15. The Morgan fingerprint density at radius 2 is 1.89 bits per heavy atom. The lowest BCUT2D eigenvalue weighted by Gasteiger charge is -2.28. The molecule has 2 rings (SSSR count). The van der Waals surface area contributed by atoms with E-state index < -0.39 is 20.7 Å². The van der Waals surface area contributed by atoms with Gasteiger partial charge in [0.1, 0.15) is 22.1 Å². The largest absolute Gasteiger partial charge is 0.465 e. The summed E-state index contributed by atoms with van der Waals surface area (Å²) in [6.45, 7) is 9.97. The van der Waals surface area contributed by atoms with E-state index in [4.69, 9.17) is 4.74 Å². The highest BCUT2D eigenvalue weighted by Gasteiger charge is 2.32. The highest BCUT2D eigenvalue weighted by molar-refractivity contribution is 9.10. The summed E-state index contributed by atoms with van der Waals surface area (Å²) < 4.78 is 29.1. The predicted molar refractivity (Wildman–Crippen MR) is 150 cm³/mol. The standard InChI is InChI=1S/C25H35BrN4O6S/c1-7-28(12-9-13-37(6,34)35)22-14-18(5)27-25(24(22)30(32)33)29(16-23(31)36-8-2)21-11-10-19(17(3)4)15-20(21)26/h10-11,14-15,17H,7-9,12-13,16H2,1-6H3. The molecule has 0 saturated carbocycles. The summed E-state index contributed by atoms with van der Waals surface area (Å²) in [6.07, 6.45) is 1.48. The van der Waals surface area contributed by atoms with Crippen LogP contribution < -0.4 is 9.80 Å². The van der Waals surface area contributed by atoms with Crippen LogP contribution in [-0.4, -0.2) is 62.5 Å². The van der Waals surface area contributed by atoms with Crippen LogP contribution in [0.4, 0.5) is 22.9 Å². The van der Waals surface area contributed by atoms with Crippen molar-refractivity contribution in [1.82, 2.24) is 4.98 Å². The lowest BCUT2D eigenvalue weighted by molar-refractivity contribution is -0.383. The van der Waals surface area contributed by atoms with Crippen molar-refractivity contribution < 1.29 is 22.9 Å². The van der Waals surface area contributed by atoms with Gasteiger partial charge in [0.15, 0.2) is 0 Å². The van der Waals surface area contributed by atoms with Gasteiger partial charge in [-0.05, 0) is 72.8 Å². The minimum atomic E-state index is -3.17. The van der Waals surface area contributed by atoms with Gasteiger partial charge in [0.05, 0.1) is 23.0 Å². The minimum absolute atomic E-state index is 0.00705. The maximum Gasteiger partial charge on any atom is 0.335 e. The van der Waals surface area contributed by atoms with Gasteiger partial charge in [0.25, 0.3) is 0 Å². The number of ether oxygens (including phenoxy) is 1. The number of carbonyl (C=O) groups excluding carboxylic acids is 1. The zero-order valence-corrected chi connectivity index (χ0v) is 24.6. The van der Waals surface area contributed by atoms with Crippen LogP contribution in [0.3, 0.4) is 0 Å². The average Bonchev–Trinajstić information content (AvgIpc) is 2.79. The second kappa shape index (κ2) is 13.2. The molecule has 1 heterocycles. The van der Waals surface area contributed by atoms with Crippen LogP contribution >= 0.6 is 15.9 Å². The summed E-state index contributed by atoms with van der Waals surface area (Å²) >= 11 is 3.58. The Labute approximate surface area is 227 Å². The Bertz CT molecular complexity index is 1240. The fourth-order valence-corrected chi connectivity index (χ4v) is 5.18. The second-order valence-corrected chi connectivity index (χ2v) is 12.1. The SMILES string of the molecule is CCOC(=O)CN(c1ccc(C(C)C)cc1Br)c1nc(C)cc(N(CC)CCCS(C)(=O)=O)c1[N+](=O)[O-]. The van der Waals surface area contributed by atoms with E-state index in [1.54, 1.807) is 30.9 Å². The topological polar surface area (TPSA) is 123 Å². The van der Waals surface area contributed by atoms with Crippen molar-refractivity contribution in [2.24, 2.45) is 0 Å². The molecule has 0 aliphatic heterocycles. The molecule has 0 aliphatic rings. The molecule has 1 aromatic carbocycles. The van der Waals surface area contributed by atoms with Gasteiger partial charge in [-0.1, -0.05) is 19.9 Å². The van der Waals surface area contributed by atoms with E-state index in [0.29, 0.717) is 41.1 Å². The van der Waals surface area contributed by atoms with Crippen molar-refractivity contribution in [3.63, 3.8) is 0 Å². The van der Waals surface area contributed by atoms with Crippen molar-refractivity contribution in [2.45, 2.75) is 47.0 Å². The molecule has 2 aromatic rings. The Balaban J connectivity index is 2.72. The van der Waals surface area contributed by atoms with E-state index in [0.717, 1.165) is 11.8 Å². The summed E-state index contributed by atoms with van der Waals surface area (Å²) in [5.74, 6) is -0.320. The van der Waals surface area contributed by atoms with Gasteiger partial charge in [0.2, 0.25) is 5.82 Å². The average molecular weight is 600 g/mol. The van der Waals surface area contributed by atoms with Crippen LogP contribution in [-0.2, 0) is 19.4 Å². The van der Waals surface area contributed by atoms with Gasteiger partial charge in [-0.25, -0.2) is 13.4 Å². The van der Waals surface area contributed by atoms with Gasteiger partial charge in [-0.2, -0.15) is 0 Å². The van der Waals surface area contributed by atoms with Crippen LogP contribution in [0.1, 0.15) is 51.3 Å². The smallest absolute Gasteiger partial charge is 0.335 e. The molecule has 0 fully saturated rings. The summed E-state index contributed by atoms with van der Waals surface area (Å²) in [6, 6.07) is 7.25. The summed E-state index contributed by atoms with van der Waals surface area (Å²) in [7, 11) is -3.17. The maximum absolute atomic E-state index is 12.6. The number of pyridine rings is 1. The number of halogens is 1. The van der Waals surface area contributed by atoms with E-state index >= 15 is 0 Å². The zero-order valence-electron chi connectivity index (χ0n) is 22.2. The Morgan fingerprint density at radius 3 is 2.41 bits per heavy atom. The van der Waals surface area contributed by atoms with E-state index in [9.17, 15) is 23.3 Å². The molecule has 0 amide bonds. The number of sulfone groups is 1. The predicted octanol–water partition coefficient (Wildman–Crippen LogP) is 5.15. The van der Waals surface area contributed by atoms with Crippen molar-refractivity contribution >= 4 is 54.6 Å². The number of hydrogen-bond acceptors (Lipinski definition) is 9. The fourth-order valence-electron chi connectivity index (χ4n) is 3.92. The first-order valence-corrected chi connectivity index (χ1v) is 15.0. The quantitative estimate of drug-likeness (QED) is 0.175. The number of esters is 1. The molecule has 10 nitrogen and oxygen atoms in total. The molecule has 37 heavy (non-hydrogen) atoms. The maximum atomic E-state index is 12.6. The number of hydrogen-bond donors (Lipinski definition) is 0. The molecule has 0 radical (unpaired) electrons. The number of nitro groups is 1. The van der Waals surface area contributed by atoms with E-state index in [1.807, 2.05) is 19.1 Å². The number of rotatable bonds is 13. The third kappa shape index (κ3) is 8.39. The molecular formula is C25H35BrN4O6S. The number of anilines is 3. The molecule has 204 valence electrons. The number of nitrogens with zero attached hydrogens (tertiary/aromatic N) is 4. The number of aryl methyl sites for hydroxylation is 1. The van der Waals surface area contributed by atoms with Crippen molar-refractivity contribution in [3.05, 3.63) is 50.1 Å². The summed E-state index contributed by atoms with van der Waals surface area (Å²) in [4.78, 5) is 32.4. The third-order valence-electron chi connectivity index (χ3n) is 5.71. The van der Waals surface area contributed by atoms with Gasteiger partial charge < -0.3 is 14.5 Å². The highest BCUT2D eigenvalue weighted by Crippen LogP contribution is 2.42. The van der Waals surface area contributed by atoms with Gasteiger partial charge in [-0.3, -0.25) is 14.9 Å². The van der Waals surface area contributed by atoms with Gasteiger partial charge in [-0.15, -0.1) is 0 Å². The van der Waals surface area contributed by atoms with Crippen molar-refractivity contribution in [2.75, 3.05) is 48.0 Å². The number of carbonyl (C=O) groups is 1. The molecule has 0 saturated heterocycles. The molecule has 1 aromatic heterocycles. The molecule has 0 unspecified atom stereocenters. The van der Waals surface area contributed by atoms with Crippen LogP contribution in [0.2, 0.25) is 0 Å². The third-order valence-corrected chi connectivity index (χ3v) is 7.37. The van der Waals surface area contributed by atoms with E-state index in [1.165, 1.54) is 4.90 Å². The number of aromatic nitrogens is 1. The van der Waals surface area contributed by atoms with Gasteiger partial charge in [0, 0.05) is 29.5 Å². The van der Waals surface area contributed by atoms with Crippen LogP contribution in [0, 0.1) is 17.0 Å². The molecule has 0 spiro atoms. The first-order valence-electron chi connectivity index (χ1n) is 12.1. The fraction of sp³-hybridized carbons (Fsp3) is 0.520. The lowest BCUT2D eigenvalue weighted by atomic mass is 10.0. The molecule has 0 bridgehead atoms. The highest BCUT2D eigenvalue weighted by atomic mass is 79.9. The first-order chi connectivity index (χ1) is 17.3. The Morgan fingerprint density at radius 1 is 1.22 bits per heavy atom. The monoisotopic (exact) mass is 598 g/mol. The second-order valence-electron chi connectivity index (χ2n) is 9.03. The summed E-state index contributed by atoms with van der Waals surface area (Å²) in [5, 5.41) is 12.5. The van der Waals surface area contributed by atoms with Crippen molar-refractivity contribution in [1.29, 1.82) is 0 Å². The Hall–Kier alpha value is -2.73. The van der Waals surface area contributed by atoms with Crippen molar-refractivity contribution in [3.8, 4) is 0 Å². The van der Waals surface area contributed by atoms with E-state index in [2.05, 4.69) is 34.8 Å². The molecule has 0 N–H and O–H groups in total. The normalized spacial score (nSPS) is 11.5. The minimum Gasteiger partial charge on any atom is -0.465 e. The van der Waals surface area contributed by atoms with Gasteiger partial charge >= 0.3 is 11.7 Å². The van der Waals surface area contributed by atoms with Crippen LogP contribution in [0.15, 0.2) is 28.7 Å². The molecule has 12 heteroatoms.